The predicted octanol–water partition coefficient (Wildman–Crippen LogP) is 2.51. The fourth-order valence-electron chi connectivity index (χ4n) is 1.22. The first-order chi connectivity index (χ1) is 7.59. The lowest BCUT2D eigenvalue weighted by Gasteiger charge is -2.01. The third kappa shape index (κ3) is 1.79. The lowest BCUT2D eigenvalue weighted by Crippen LogP contribution is -1.91. The number of aromatic hydroxyl groups is 1. The van der Waals surface area contributed by atoms with E-state index < -0.39 is 5.97 Å². The number of para-hydroxylation sites is 1. The average Bonchev–Trinajstić information content (AvgIpc) is 2.71. The Morgan fingerprint density at radius 2 is 2.19 bits per heavy atom. The molecule has 0 atom stereocenters. The molecule has 0 aliphatic heterocycles. The average molecular weight is 284 g/mol. The Morgan fingerprint density at radius 1 is 1.44 bits per heavy atom. The standard InChI is InChI=1S/C10H6BrNO4/c11-6-3-1-2-5(9(6)13)7-4-8(10(14)15)16-12-7/h1-4,13H,(H,14,15). The van der Waals surface area contributed by atoms with Crippen molar-refractivity contribution in [2.45, 2.75) is 0 Å². The fraction of sp³-hybridized carbons (Fsp3) is 0. The summed E-state index contributed by atoms with van der Waals surface area (Å²) in [4.78, 5) is 10.6. The molecule has 5 nitrogen and oxygen atoms in total. The third-order valence-electron chi connectivity index (χ3n) is 1.98. The van der Waals surface area contributed by atoms with Crippen molar-refractivity contribution < 1.29 is 19.5 Å². The van der Waals surface area contributed by atoms with Crippen LogP contribution in [-0.2, 0) is 0 Å². The monoisotopic (exact) mass is 283 g/mol. The summed E-state index contributed by atoms with van der Waals surface area (Å²) in [5.41, 5.74) is 0.682. The number of aromatic carboxylic acids is 1. The first-order valence-corrected chi connectivity index (χ1v) is 5.06. The zero-order chi connectivity index (χ0) is 11.7. The normalized spacial score (nSPS) is 10.3. The molecule has 0 spiro atoms. The Morgan fingerprint density at radius 3 is 2.81 bits per heavy atom. The van der Waals surface area contributed by atoms with Crippen LogP contribution >= 0.6 is 15.9 Å². The number of hydrogen-bond donors (Lipinski definition) is 2. The van der Waals surface area contributed by atoms with Crippen molar-refractivity contribution in [3.05, 3.63) is 34.5 Å². The summed E-state index contributed by atoms with van der Waals surface area (Å²) >= 11 is 3.15. The highest BCUT2D eigenvalue weighted by Gasteiger charge is 2.15. The van der Waals surface area contributed by atoms with Crippen molar-refractivity contribution in [2.24, 2.45) is 0 Å². The van der Waals surface area contributed by atoms with E-state index in [0.29, 0.717) is 10.0 Å². The number of hydrogen-bond acceptors (Lipinski definition) is 4. The van der Waals surface area contributed by atoms with Gasteiger partial charge in [0.15, 0.2) is 0 Å². The Balaban J connectivity index is 2.50. The first-order valence-electron chi connectivity index (χ1n) is 4.27. The van der Waals surface area contributed by atoms with Crippen LogP contribution in [-0.4, -0.2) is 21.3 Å². The number of rotatable bonds is 2. The molecule has 0 amide bonds. The minimum absolute atomic E-state index is 0.00672. The number of phenolic OH excluding ortho intramolecular Hbond substituents is 1. The van der Waals surface area contributed by atoms with Gasteiger partial charge < -0.3 is 14.7 Å². The van der Waals surface area contributed by atoms with Gasteiger partial charge in [0.2, 0.25) is 5.76 Å². The highest BCUT2D eigenvalue weighted by atomic mass is 79.9. The van der Waals surface area contributed by atoms with E-state index in [1.54, 1.807) is 18.2 Å². The molecule has 1 heterocycles. The molecule has 82 valence electrons. The van der Waals surface area contributed by atoms with Crippen molar-refractivity contribution in [1.82, 2.24) is 5.16 Å². The molecule has 0 saturated heterocycles. The second kappa shape index (κ2) is 3.97. The maximum Gasteiger partial charge on any atom is 0.374 e. The van der Waals surface area contributed by atoms with Gasteiger partial charge in [0, 0.05) is 11.6 Å². The molecule has 0 aliphatic rings. The summed E-state index contributed by atoms with van der Waals surface area (Å²) in [6.07, 6.45) is 0. The Kier molecular flexibility index (Phi) is 2.66. The number of carbonyl (C=O) groups is 1. The molecule has 2 aromatic rings. The number of halogens is 1. The highest BCUT2D eigenvalue weighted by molar-refractivity contribution is 9.10. The van der Waals surface area contributed by atoms with Crippen LogP contribution in [0, 0.1) is 0 Å². The summed E-state index contributed by atoms with van der Waals surface area (Å²) in [5.74, 6) is -1.48. The van der Waals surface area contributed by atoms with Gasteiger partial charge in [-0.25, -0.2) is 4.79 Å². The smallest absolute Gasteiger partial charge is 0.374 e. The van der Waals surface area contributed by atoms with Crippen LogP contribution in [0.25, 0.3) is 11.3 Å². The van der Waals surface area contributed by atoms with Crippen molar-refractivity contribution >= 4 is 21.9 Å². The molecule has 0 aliphatic carbocycles. The number of carboxylic acids is 1. The molecular formula is C10H6BrNO4. The summed E-state index contributed by atoms with van der Waals surface area (Å²) in [5, 5.41) is 22.0. The molecule has 6 heteroatoms. The SMILES string of the molecule is O=C(O)c1cc(-c2cccc(Br)c2O)no1. The van der Waals surface area contributed by atoms with E-state index in [-0.39, 0.29) is 17.2 Å². The minimum atomic E-state index is -1.20. The zero-order valence-corrected chi connectivity index (χ0v) is 9.43. The summed E-state index contributed by atoms with van der Waals surface area (Å²) in [7, 11) is 0. The molecular weight excluding hydrogens is 278 g/mol. The van der Waals surface area contributed by atoms with E-state index >= 15 is 0 Å². The van der Waals surface area contributed by atoms with Gasteiger partial charge in [0.25, 0.3) is 0 Å². The van der Waals surface area contributed by atoms with Crippen LogP contribution in [0.4, 0.5) is 0 Å². The lowest BCUT2D eigenvalue weighted by atomic mass is 10.1. The highest BCUT2D eigenvalue weighted by Crippen LogP contribution is 2.34. The van der Waals surface area contributed by atoms with Crippen LogP contribution in [0.15, 0.2) is 33.3 Å². The summed E-state index contributed by atoms with van der Waals surface area (Å²) < 4.78 is 5.10. The van der Waals surface area contributed by atoms with E-state index in [2.05, 4.69) is 25.6 Å². The van der Waals surface area contributed by atoms with E-state index in [0.717, 1.165) is 0 Å². The summed E-state index contributed by atoms with van der Waals surface area (Å²) in [6, 6.07) is 6.23. The maximum absolute atomic E-state index is 10.6. The quantitative estimate of drug-likeness (QED) is 0.885. The second-order valence-electron chi connectivity index (χ2n) is 3.02. The topological polar surface area (TPSA) is 83.6 Å². The Hall–Kier alpha value is -1.82. The van der Waals surface area contributed by atoms with Gasteiger partial charge in [0.1, 0.15) is 11.4 Å². The van der Waals surface area contributed by atoms with Crippen molar-refractivity contribution in [2.75, 3.05) is 0 Å². The molecule has 0 unspecified atom stereocenters. The largest absolute Gasteiger partial charge is 0.506 e. The van der Waals surface area contributed by atoms with Gasteiger partial charge in [-0.3, -0.25) is 0 Å². The van der Waals surface area contributed by atoms with Gasteiger partial charge in [-0.15, -0.1) is 0 Å². The molecule has 0 bridgehead atoms. The van der Waals surface area contributed by atoms with Crippen LogP contribution in [0.2, 0.25) is 0 Å². The number of aromatic nitrogens is 1. The second-order valence-corrected chi connectivity index (χ2v) is 3.87. The number of nitrogens with zero attached hydrogens (tertiary/aromatic N) is 1. The number of benzene rings is 1. The number of phenols is 1. The summed E-state index contributed by atoms with van der Waals surface area (Å²) in [6.45, 7) is 0. The van der Waals surface area contributed by atoms with Gasteiger partial charge in [-0.2, -0.15) is 0 Å². The molecule has 0 radical (unpaired) electrons. The zero-order valence-electron chi connectivity index (χ0n) is 7.85. The Labute approximate surface area is 98.4 Å². The first kappa shape index (κ1) is 10.7. The fourth-order valence-corrected chi connectivity index (χ4v) is 1.59. The van der Waals surface area contributed by atoms with Crippen molar-refractivity contribution in [3.63, 3.8) is 0 Å². The van der Waals surface area contributed by atoms with E-state index in [1.165, 1.54) is 6.07 Å². The Bertz CT molecular complexity index is 550. The molecule has 2 N–H and O–H groups in total. The maximum atomic E-state index is 10.6. The molecule has 0 fully saturated rings. The van der Waals surface area contributed by atoms with E-state index in [1.807, 2.05) is 0 Å². The van der Waals surface area contributed by atoms with Gasteiger partial charge in [0.05, 0.1) is 4.47 Å². The third-order valence-corrected chi connectivity index (χ3v) is 2.62. The lowest BCUT2D eigenvalue weighted by molar-refractivity contribution is 0.0652. The molecule has 1 aromatic carbocycles. The van der Waals surface area contributed by atoms with Crippen molar-refractivity contribution in [3.8, 4) is 17.0 Å². The van der Waals surface area contributed by atoms with Crippen LogP contribution < -0.4 is 0 Å². The van der Waals surface area contributed by atoms with Gasteiger partial charge in [-0.05, 0) is 28.1 Å². The van der Waals surface area contributed by atoms with E-state index in [9.17, 15) is 9.90 Å². The van der Waals surface area contributed by atoms with E-state index in [4.69, 9.17) is 5.11 Å². The molecule has 16 heavy (non-hydrogen) atoms. The van der Waals surface area contributed by atoms with Crippen LogP contribution in [0.5, 0.6) is 5.75 Å². The van der Waals surface area contributed by atoms with Crippen LogP contribution in [0.3, 0.4) is 0 Å². The predicted molar refractivity (Wildman–Crippen MR) is 58.3 cm³/mol. The van der Waals surface area contributed by atoms with Gasteiger partial charge >= 0.3 is 5.97 Å². The minimum Gasteiger partial charge on any atom is -0.506 e. The van der Waals surface area contributed by atoms with Crippen molar-refractivity contribution in [1.29, 1.82) is 0 Å². The molecule has 2 rings (SSSR count). The van der Waals surface area contributed by atoms with Crippen LogP contribution in [0.1, 0.15) is 10.6 Å². The molecule has 0 saturated carbocycles. The molecule has 1 aromatic heterocycles. The van der Waals surface area contributed by atoms with Gasteiger partial charge in [-0.1, -0.05) is 11.2 Å². The number of carboxylic acid groups (broad SMARTS) is 1.